The van der Waals surface area contributed by atoms with Crippen LogP contribution in [0.4, 0.5) is 5.69 Å². The van der Waals surface area contributed by atoms with E-state index in [-0.39, 0.29) is 19.0 Å². The second-order valence-electron chi connectivity index (χ2n) is 4.84. The van der Waals surface area contributed by atoms with E-state index in [2.05, 4.69) is 32.9 Å². The Morgan fingerprint density at radius 3 is 2.48 bits per heavy atom. The number of nitrogens with one attached hydrogen (secondary N) is 1. The van der Waals surface area contributed by atoms with Crippen molar-refractivity contribution in [3.05, 3.63) is 57.9 Å². The van der Waals surface area contributed by atoms with Crippen molar-refractivity contribution in [2.45, 2.75) is 6.54 Å². The maximum Gasteiger partial charge on any atom is 0.241 e. The van der Waals surface area contributed by atoms with Crippen molar-refractivity contribution in [3.8, 4) is 0 Å². The molecular weight excluding hydrogens is 429 g/mol. The van der Waals surface area contributed by atoms with Crippen molar-refractivity contribution in [2.24, 2.45) is 0 Å². The van der Waals surface area contributed by atoms with E-state index >= 15 is 0 Å². The molecule has 0 radical (unpaired) electrons. The highest BCUT2D eigenvalue weighted by Crippen LogP contribution is 2.18. The van der Waals surface area contributed by atoms with E-state index in [0.29, 0.717) is 11.4 Å². The van der Waals surface area contributed by atoms with E-state index in [9.17, 15) is 13.2 Å². The van der Waals surface area contributed by atoms with Crippen molar-refractivity contribution in [2.75, 3.05) is 17.1 Å². The number of hydrogen-bond donors (Lipinski definition) is 1. The van der Waals surface area contributed by atoms with Gasteiger partial charge in [0.05, 0.1) is 24.2 Å². The zero-order chi connectivity index (χ0) is 16.9. The second kappa shape index (κ2) is 7.73. The molecule has 1 aromatic heterocycles. The summed E-state index contributed by atoms with van der Waals surface area (Å²) in [6, 6.07) is 12.3. The molecule has 0 fully saturated rings. The van der Waals surface area contributed by atoms with Gasteiger partial charge in [0.25, 0.3) is 0 Å². The summed E-state index contributed by atoms with van der Waals surface area (Å²) in [5, 5.41) is 2.67. The second-order valence-corrected chi connectivity index (χ2v) is 8.00. The molecule has 122 valence electrons. The Morgan fingerprint density at radius 1 is 1.22 bits per heavy atom. The first kappa shape index (κ1) is 17.7. The number of carbonyl (C=O) groups is 1. The molecule has 0 spiro atoms. The Hall–Kier alpha value is -1.68. The molecule has 0 saturated carbocycles. The van der Waals surface area contributed by atoms with Gasteiger partial charge in [0.2, 0.25) is 15.9 Å². The molecule has 0 saturated heterocycles. The van der Waals surface area contributed by atoms with Crippen LogP contribution in [0, 0.1) is 3.57 Å². The normalized spacial score (nSPS) is 11.0. The third-order valence-electron chi connectivity index (χ3n) is 2.99. The Kier molecular flexibility index (Phi) is 5.94. The minimum atomic E-state index is -3.55. The van der Waals surface area contributed by atoms with Crippen LogP contribution < -0.4 is 9.62 Å². The quantitative estimate of drug-likeness (QED) is 0.688. The summed E-state index contributed by atoms with van der Waals surface area (Å²) in [4.78, 5) is 16.2. The van der Waals surface area contributed by atoms with Gasteiger partial charge < -0.3 is 5.32 Å². The smallest absolute Gasteiger partial charge is 0.241 e. The lowest BCUT2D eigenvalue weighted by molar-refractivity contribution is -0.119. The van der Waals surface area contributed by atoms with Crippen molar-refractivity contribution in [3.63, 3.8) is 0 Å². The number of nitrogens with zero attached hydrogens (tertiary/aromatic N) is 2. The monoisotopic (exact) mass is 445 g/mol. The van der Waals surface area contributed by atoms with E-state index < -0.39 is 10.0 Å². The van der Waals surface area contributed by atoms with E-state index in [1.54, 1.807) is 42.6 Å². The lowest BCUT2D eigenvalue weighted by Gasteiger charge is -2.21. The summed E-state index contributed by atoms with van der Waals surface area (Å²) in [5.41, 5.74) is 1.17. The van der Waals surface area contributed by atoms with Gasteiger partial charge in [-0.05, 0) is 59.0 Å². The largest absolute Gasteiger partial charge is 0.349 e. The maximum absolute atomic E-state index is 12.1. The first-order valence-corrected chi connectivity index (χ1v) is 9.69. The molecule has 0 atom stereocenters. The number of carbonyl (C=O) groups excluding carboxylic acids is 1. The predicted octanol–water partition coefficient (Wildman–Crippen LogP) is 1.77. The van der Waals surface area contributed by atoms with Crippen molar-refractivity contribution < 1.29 is 13.2 Å². The van der Waals surface area contributed by atoms with Crippen LogP contribution in [-0.2, 0) is 21.4 Å². The third-order valence-corrected chi connectivity index (χ3v) is 4.85. The molecule has 1 aromatic carbocycles. The molecule has 0 unspecified atom stereocenters. The average molecular weight is 445 g/mol. The molecule has 0 aliphatic rings. The number of amides is 1. The lowest BCUT2D eigenvalue weighted by Crippen LogP contribution is -2.40. The Bertz CT molecular complexity index is 764. The Morgan fingerprint density at radius 2 is 1.91 bits per heavy atom. The summed E-state index contributed by atoms with van der Waals surface area (Å²) in [6.45, 7) is -0.0176. The molecule has 2 rings (SSSR count). The summed E-state index contributed by atoms with van der Waals surface area (Å²) in [5.74, 6) is -0.389. The number of rotatable bonds is 6. The molecule has 2 aromatic rings. The number of pyridine rings is 1. The summed E-state index contributed by atoms with van der Waals surface area (Å²) in [6.07, 6.45) is 2.72. The van der Waals surface area contributed by atoms with Gasteiger partial charge in [-0.3, -0.25) is 14.1 Å². The molecule has 8 heteroatoms. The molecule has 0 aliphatic heterocycles. The van der Waals surface area contributed by atoms with Gasteiger partial charge in [-0.25, -0.2) is 8.42 Å². The first-order valence-electron chi connectivity index (χ1n) is 6.76. The van der Waals surface area contributed by atoms with Crippen LogP contribution in [0.3, 0.4) is 0 Å². The number of benzene rings is 1. The number of halogens is 1. The molecule has 0 aliphatic carbocycles. The molecule has 0 bridgehead atoms. The standard InChI is InChI=1S/C15H16IN3O3S/c1-23(21,22)19(14-7-5-12(16)6-8-14)11-15(20)18-10-13-4-2-3-9-17-13/h2-9H,10-11H2,1H3,(H,18,20). The molecule has 23 heavy (non-hydrogen) atoms. The van der Waals surface area contributed by atoms with E-state index in [0.717, 1.165) is 14.1 Å². The maximum atomic E-state index is 12.1. The number of anilines is 1. The number of hydrogen-bond acceptors (Lipinski definition) is 4. The van der Waals surface area contributed by atoms with Gasteiger partial charge in [0.15, 0.2) is 0 Å². The molecule has 1 amide bonds. The molecule has 1 heterocycles. The van der Waals surface area contributed by atoms with Crippen molar-refractivity contribution in [1.29, 1.82) is 0 Å². The zero-order valence-electron chi connectivity index (χ0n) is 12.4. The van der Waals surface area contributed by atoms with Crippen LogP contribution >= 0.6 is 22.6 Å². The summed E-state index contributed by atoms with van der Waals surface area (Å²) >= 11 is 2.13. The molecular formula is C15H16IN3O3S. The average Bonchev–Trinajstić information content (AvgIpc) is 2.52. The van der Waals surface area contributed by atoms with Crippen LogP contribution in [0.2, 0.25) is 0 Å². The van der Waals surface area contributed by atoms with Gasteiger partial charge in [0, 0.05) is 9.77 Å². The lowest BCUT2D eigenvalue weighted by atomic mass is 10.3. The fourth-order valence-corrected chi connectivity index (χ4v) is 3.10. The van der Waals surface area contributed by atoms with Crippen LogP contribution in [0.25, 0.3) is 0 Å². The predicted molar refractivity (Wildman–Crippen MR) is 97.4 cm³/mol. The topological polar surface area (TPSA) is 79.4 Å². The van der Waals surface area contributed by atoms with E-state index in [1.807, 2.05) is 6.07 Å². The van der Waals surface area contributed by atoms with Crippen LogP contribution in [-0.4, -0.2) is 32.1 Å². The Labute approximate surface area is 149 Å². The first-order chi connectivity index (χ1) is 10.9. The van der Waals surface area contributed by atoms with Gasteiger partial charge in [-0.2, -0.15) is 0 Å². The van der Waals surface area contributed by atoms with E-state index in [4.69, 9.17) is 0 Å². The number of aromatic nitrogens is 1. The van der Waals surface area contributed by atoms with Gasteiger partial charge in [-0.1, -0.05) is 6.07 Å². The highest BCUT2D eigenvalue weighted by molar-refractivity contribution is 14.1. The fraction of sp³-hybridized carbons (Fsp3) is 0.200. The zero-order valence-corrected chi connectivity index (χ0v) is 15.4. The van der Waals surface area contributed by atoms with Crippen LogP contribution in [0.15, 0.2) is 48.7 Å². The number of sulfonamides is 1. The fourth-order valence-electron chi connectivity index (χ4n) is 1.89. The van der Waals surface area contributed by atoms with Gasteiger partial charge >= 0.3 is 0 Å². The Balaban J connectivity index is 2.06. The van der Waals surface area contributed by atoms with Crippen LogP contribution in [0.1, 0.15) is 5.69 Å². The molecule has 1 N–H and O–H groups in total. The van der Waals surface area contributed by atoms with E-state index in [1.165, 1.54) is 0 Å². The minimum Gasteiger partial charge on any atom is -0.349 e. The highest BCUT2D eigenvalue weighted by Gasteiger charge is 2.20. The van der Waals surface area contributed by atoms with Crippen molar-refractivity contribution in [1.82, 2.24) is 10.3 Å². The third kappa shape index (κ3) is 5.47. The van der Waals surface area contributed by atoms with Crippen molar-refractivity contribution >= 4 is 44.2 Å². The van der Waals surface area contributed by atoms with Crippen LogP contribution in [0.5, 0.6) is 0 Å². The minimum absolute atomic E-state index is 0.254. The SMILES string of the molecule is CS(=O)(=O)N(CC(=O)NCc1ccccn1)c1ccc(I)cc1. The van der Waals surface area contributed by atoms with Gasteiger partial charge in [-0.15, -0.1) is 0 Å². The summed E-state index contributed by atoms with van der Waals surface area (Å²) in [7, 11) is -3.55. The summed E-state index contributed by atoms with van der Waals surface area (Å²) < 4.78 is 26.0. The highest BCUT2D eigenvalue weighted by atomic mass is 127. The molecule has 6 nitrogen and oxygen atoms in total. The van der Waals surface area contributed by atoms with Gasteiger partial charge in [0.1, 0.15) is 6.54 Å².